The van der Waals surface area contributed by atoms with Crippen molar-refractivity contribution in [3.8, 4) is 0 Å². The number of fused-ring (bicyclic) bond motifs is 5. The number of benzene rings is 1. The Labute approximate surface area is 147 Å². The van der Waals surface area contributed by atoms with Crippen LogP contribution in [-0.4, -0.2) is 77.2 Å². The Hall–Kier alpha value is -1.99. The quantitative estimate of drug-likeness (QED) is 0.831. The highest BCUT2D eigenvalue weighted by atomic mass is 16.6. The van der Waals surface area contributed by atoms with E-state index in [2.05, 4.69) is 26.2 Å². The van der Waals surface area contributed by atoms with E-state index in [1.54, 1.807) is 4.90 Å². The minimum atomic E-state index is 0.186. The standard InChI is InChI=1S/C18H25N5O2/c1-21(2)17(24)12-22-8-13-6-7-15(11-22)23(9-13)10-14-4-3-5-16-18(14)20-25-19-16/h3-5,13,15H,6-12H2,1-2H3/t13-,15+/m1/s1. The molecule has 3 fully saturated rings. The van der Waals surface area contributed by atoms with Crippen molar-refractivity contribution in [2.75, 3.05) is 40.3 Å². The number of rotatable bonds is 4. The fraction of sp³-hybridized carbons (Fsp3) is 0.611. The first-order chi connectivity index (χ1) is 12.1. The van der Waals surface area contributed by atoms with Crippen LogP contribution in [0.3, 0.4) is 0 Å². The fourth-order valence-electron chi connectivity index (χ4n) is 4.14. The lowest BCUT2D eigenvalue weighted by Crippen LogP contribution is -2.44. The summed E-state index contributed by atoms with van der Waals surface area (Å²) in [4.78, 5) is 18.7. The maximum atomic E-state index is 12.1. The molecule has 4 heterocycles. The van der Waals surface area contributed by atoms with Gasteiger partial charge in [0, 0.05) is 46.3 Å². The van der Waals surface area contributed by atoms with Crippen LogP contribution >= 0.6 is 0 Å². The molecule has 2 aromatic rings. The molecule has 3 saturated heterocycles. The number of aromatic nitrogens is 2. The number of likely N-dealkylation sites (N-methyl/N-ethyl adjacent to an activating group) is 1. The Kier molecular flexibility index (Phi) is 4.43. The molecular weight excluding hydrogens is 318 g/mol. The van der Waals surface area contributed by atoms with E-state index in [4.69, 9.17) is 4.63 Å². The van der Waals surface area contributed by atoms with E-state index >= 15 is 0 Å². The highest BCUT2D eigenvalue weighted by molar-refractivity contribution is 5.77. The second-order valence-corrected chi connectivity index (χ2v) is 7.56. The van der Waals surface area contributed by atoms with Crippen molar-refractivity contribution < 1.29 is 9.42 Å². The predicted octanol–water partition coefficient (Wildman–Crippen LogP) is 1.21. The van der Waals surface area contributed by atoms with Crippen molar-refractivity contribution in [1.82, 2.24) is 25.0 Å². The van der Waals surface area contributed by atoms with E-state index in [1.165, 1.54) is 18.4 Å². The zero-order valence-electron chi connectivity index (χ0n) is 14.9. The van der Waals surface area contributed by atoms with Crippen LogP contribution in [0.2, 0.25) is 0 Å². The van der Waals surface area contributed by atoms with Gasteiger partial charge >= 0.3 is 0 Å². The molecule has 1 aromatic carbocycles. The van der Waals surface area contributed by atoms with Crippen LogP contribution in [0.5, 0.6) is 0 Å². The van der Waals surface area contributed by atoms with Crippen LogP contribution in [0.15, 0.2) is 22.8 Å². The molecule has 1 aromatic heterocycles. The summed E-state index contributed by atoms with van der Waals surface area (Å²) < 4.78 is 4.90. The van der Waals surface area contributed by atoms with Crippen LogP contribution in [0.1, 0.15) is 18.4 Å². The molecule has 5 rings (SSSR count). The van der Waals surface area contributed by atoms with E-state index < -0.39 is 0 Å². The van der Waals surface area contributed by atoms with Crippen molar-refractivity contribution >= 4 is 16.9 Å². The van der Waals surface area contributed by atoms with E-state index in [-0.39, 0.29) is 5.91 Å². The van der Waals surface area contributed by atoms with Gasteiger partial charge in [-0.1, -0.05) is 12.1 Å². The highest BCUT2D eigenvalue weighted by Crippen LogP contribution is 2.30. The van der Waals surface area contributed by atoms with Gasteiger partial charge < -0.3 is 4.90 Å². The maximum Gasteiger partial charge on any atom is 0.236 e. The average molecular weight is 343 g/mol. The molecule has 25 heavy (non-hydrogen) atoms. The minimum Gasteiger partial charge on any atom is -0.348 e. The molecule has 134 valence electrons. The Morgan fingerprint density at radius 2 is 2.12 bits per heavy atom. The minimum absolute atomic E-state index is 0.186. The summed E-state index contributed by atoms with van der Waals surface area (Å²) in [5.74, 6) is 0.814. The Bertz CT molecular complexity index is 759. The second-order valence-electron chi connectivity index (χ2n) is 7.56. The van der Waals surface area contributed by atoms with Gasteiger partial charge in [-0.3, -0.25) is 14.6 Å². The van der Waals surface area contributed by atoms with Crippen LogP contribution in [0.4, 0.5) is 0 Å². The van der Waals surface area contributed by atoms with Crippen LogP contribution in [0.25, 0.3) is 11.0 Å². The first-order valence-corrected chi connectivity index (χ1v) is 8.97. The summed E-state index contributed by atoms with van der Waals surface area (Å²) in [6.07, 6.45) is 2.45. The topological polar surface area (TPSA) is 65.7 Å². The average Bonchev–Trinajstić information content (AvgIpc) is 2.91. The van der Waals surface area contributed by atoms with Crippen LogP contribution < -0.4 is 0 Å². The summed E-state index contributed by atoms with van der Waals surface area (Å²) in [7, 11) is 3.65. The lowest BCUT2D eigenvalue weighted by molar-refractivity contribution is -0.130. The number of hydrogen-bond donors (Lipinski definition) is 0. The van der Waals surface area contributed by atoms with Gasteiger partial charge in [0.15, 0.2) is 0 Å². The Balaban J connectivity index is 1.49. The van der Waals surface area contributed by atoms with Gasteiger partial charge in [0.05, 0.1) is 6.54 Å². The molecule has 0 spiro atoms. The summed E-state index contributed by atoms with van der Waals surface area (Å²) in [5.41, 5.74) is 2.85. The molecule has 0 N–H and O–H groups in total. The maximum absolute atomic E-state index is 12.1. The smallest absolute Gasteiger partial charge is 0.236 e. The summed E-state index contributed by atoms with van der Waals surface area (Å²) in [5, 5.41) is 8.02. The van der Waals surface area contributed by atoms with Gasteiger partial charge in [0.25, 0.3) is 0 Å². The van der Waals surface area contributed by atoms with Gasteiger partial charge in [0.1, 0.15) is 11.0 Å². The van der Waals surface area contributed by atoms with Crippen molar-refractivity contribution in [3.63, 3.8) is 0 Å². The second kappa shape index (κ2) is 6.72. The van der Waals surface area contributed by atoms with Crippen LogP contribution in [-0.2, 0) is 11.3 Å². The van der Waals surface area contributed by atoms with Gasteiger partial charge in [-0.05, 0) is 40.7 Å². The number of nitrogens with zero attached hydrogens (tertiary/aromatic N) is 5. The largest absolute Gasteiger partial charge is 0.348 e. The first kappa shape index (κ1) is 16.5. The summed E-state index contributed by atoms with van der Waals surface area (Å²) in [6.45, 7) is 4.45. The SMILES string of the molecule is CN(C)C(=O)CN1C[C@H]2CC[C@@H](C1)N(Cc1cccc3nonc13)C2. The molecule has 2 bridgehead atoms. The van der Waals surface area contributed by atoms with E-state index in [0.717, 1.165) is 37.2 Å². The van der Waals surface area contributed by atoms with Crippen molar-refractivity contribution in [1.29, 1.82) is 0 Å². The van der Waals surface area contributed by atoms with Crippen molar-refractivity contribution in [3.05, 3.63) is 23.8 Å². The molecule has 0 saturated carbocycles. The monoisotopic (exact) mass is 343 g/mol. The van der Waals surface area contributed by atoms with E-state index in [0.29, 0.717) is 18.5 Å². The third-order valence-electron chi connectivity index (χ3n) is 5.50. The van der Waals surface area contributed by atoms with Gasteiger partial charge in [0.2, 0.25) is 5.91 Å². The molecular formula is C18H25N5O2. The molecule has 0 radical (unpaired) electrons. The van der Waals surface area contributed by atoms with Crippen molar-refractivity contribution in [2.24, 2.45) is 5.92 Å². The number of hydrogen-bond acceptors (Lipinski definition) is 6. The third kappa shape index (κ3) is 3.39. The molecule has 1 amide bonds. The first-order valence-electron chi connectivity index (χ1n) is 8.97. The van der Waals surface area contributed by atoms with Crippen LogP contribution in [0, 0.1) is 5.92 Å². The Morgan fingerprint density at radius 1 is 1.24 bits per heavy atom. The lowest BCUT2D eigenvalue weighted by Gasteiger charge is -2.36. The molecule has 3 aliphatic heterocycles. The fourth-order valence-corrected chi connectivity index (χ4v) is 4.14. The third-order valence-corrected chi connectivity index (χ3v) is 5.50. The van der Waals surface area contributed by atoms with Gasteiger partial charge in [-0.25, -0.2) is 4.63 Å². The van der Waals surface area contributed by atoms with Crippen molar-refractivity contribution in [2.45, 2.75) is 25.4 Å². The zero-order valence-corrected chi connectivity index (χ0v) is 14.9. The predicted molar refractivity (Wildman–Crippen MR) is 93.9 cm³/mol. The number of amides is 1. The van der Waals surface area contributed by atoms with Gasteiger partial charge in [-0.2, -0.15) is 0 Å². The molecule has 7 nitrogen and oxygen atoms in total. The molecule has 2 atom stereocenters. The number of carbonyl (C=O) groups is 1. The number of piperidine rings is 1. The highest BCUT2D eigenvalue weighted by Gasteiger charge is 2.35. The molecule has 0 aliphatic carbocycles. The van der Waals surface area contributed by atoms with E-state index in [9.17, 15) is 4.79 Å². The summed E-state index contributed by atoms with van der Waals surface area (Å²) >= 11 is 0. The molecule has 0 unspecified atom stereocenters. The van der Waals surface area contributed by atoms with E-state index in [1.807, 2.05) is 26.2 Å². The Morgan fingerprint density at radius 3 is 2.96 bits per heavy atom. The normalized spacial score (nSPS) is 24.6. The van der Waals surface area contributed by atoms with Gasteiger partial charge in [-0.15, -0.1) is 0 Å². The number of carbonyl (C=O) groups excluding carboxylic acids is 1. The zero-order chi connectivity index (χ0) is 17.4. The molecule has 7 heteroatoms. The lowest BCUT2D eigenvalue weighted by atomic mass is 9.94. The summed E-state index contributed by atoms with van der Waals surface area (Å²) in [6, 6.07) is 6.54. The molecule has 3 aliphatic rings.